The van der Waals surface area contributed by atoms with Crippen molar-refractivity contribution >= 4 is 5.78 Å². The highest BCUT2D eigenvalue weighted by atomic mass is 16.3. The first kappa shape index (κ1) is 15.4. The molecule has 4 fully saturated rings. The van der Waals surface area contributed by atoms with Gasteiger partial charge in [0.05, 0.1) is 17.1 Å². The molecule has 8 atom stereocenters. The SMILES string of the molecule is C[C@@H]1CN2C[C@H]3CC[C@]4(O)C[C@H](O)C5=C4[C@@]4(CC5)C(=O)[C@H]1C[C@@H]2[C@@]34C. The molecule has 4 aliphatic carbocycles. The molecule has 2 saturated carbocycles. The average molecular weight is 343 g/mol. The lowest BCUT2D eigenvalue weighted by Crippen LogP contribution is -2.65. The first-order valence-corrected chi connectivity index (χ1v) is 10.3. The summed E-state index contributed by atoms with van der Waals surface area (Å²) in [5, 5.41) is 22.2. The van der Waals surface area contributed by atoms with E-state index in [1.807, 2.05) is 0 Å². The predicted molar refractivity (Wildman–Crippen MR) is 92.7 cm³/mol. The van der Waals surface area contributed by atoms with E-state index in [4.69, 9.17) is 0 Å². The molecule has 2 heterocycles. The molecule has 0 radical (unpaired) electrons. The van der Waals surface area contributed by atoms with E-state index in [1.165, 1.54) is 0 Å². The van der Waals surface area contributed by atoms with E-state index in [1.54, 1.807) is 0 Å². The number of carbonyl (C=O) groups is 1. The van der Waals surface area contributed by atoms with Crippen LogP contribution in [-0.4, -0.2) is 51.7 Å². The molecule has 0 aromatic heterocycles. The quantitative estimate of drug-likeness (QED) is 0.660. The summed E-state index contributed by atoms with van der Waals surface area (Å²) in [5.41, 5.74) is 0.532. The van der Waals surface area contributed by atoms with E-state index in [9.17, 15) is 15.0 Å². The van der Waals surface area contributed by atoms with Gasteiger partial charge in [0.2, 0.25) is 0 Å². The number of aliphatic hydroxyl groups excluding tert-OH is 1. The van der Waals surface area contributed by atoms with E-state index in [2.05, 4.69) is 18.7 Å². The van der Waals surface area contributed by atoms with E-state index in [0.717, 1.165) is 56.3 Å². The van der Waals surface area contributed by atoms with Gasteiger partial charge in [-0.1, -0.05) is 13.8 Å². The minimum absolute atomic E-state index is 0.0631. The average Bonchev–Trinajstić information content (AvgIpc) is 3.15. The van der Waals surface area contributed by atoms with Crippen molar-refractivity contribution < 1.29 is 15.0 Å². The van der Waals surface area contributed by atoms with E-state index < -0.39 is 17.1 Å². The molecule has 0 unspecified atom stereocenters. The van der Waals surface area contributed by atoms with Crippen LogP contribution in [0, 0.1) is 28.6 Å². The van der Waals surface area contributed by atoms with Crippen molar-refractivity contribution in [3.63, 3.8) is 0 Å². The number of nitrogens with zero attached hydrogens (tertiary/aromatic N) is 1. The Labute approximate surface area is 149 Å². The summed E-state index contributed by atoms with van der Waals surface area (Å²) in [7, 11) is 0. The predicted octanol–water partition coefficient (Wildman–Crippen LogP) is 1.90. The number of carbonyl (C=O) groups excluding carboxylic acids is 1. The van der Waals surface area contributed by atoms with Gasteiger partial charge in [0.1, 0.15) is 5.78 Å². The molecular formula is C21H29NO3. The lowest BCUT2D eigenvalue weighted by Gasteiger charge is -2.60. The summed E-state index contributed by atoms with van der Waals surface area (Å²) < 4.78 is 0. The lowest BCUT2D eigenvalue weighted by molar-refractivity contribution is -0.159. The molecule has 136 valence electrons. The summed E-state index contributed by atoms with van der Waals surface area (Å²) in [6.07, 6.45) is 4.24. The molecule has 2 N–H and O–H groups in total. The van der Waals surface area contributed by atoms with Crippen molar-refractivity contribution in [3.05, 3.63) is 11.1 Å². The van der Waals surface area contributed by atoms with E-state index in [0.29, 0.717) is 30.1 Å². The zero-order chi connectivity index (χ0) is 17.4. The van der Waals surface area contributed by atoms with Crippen molar-refractivity contribution in [2.45, 2.75) is 70.1 Å². The molecule has 2 aliphatic heterocycles. The summed E-state index contributed by atoms with van der Waals surface area (Å²) in [4.78, 5) is 16.7. The Bertz CT molecular complexity index is 731. The van der Waals surface area contributed by atoms with Crippen LogP contribution in [0.25, 0.3) is 0 Å². The molecule has 0 aromatic rings. The monoisotopic (exact) mass is 343 g/mol. The number of ketones is 1. The topological polar surface area (TPSA) is 60.8 Å². The van der Waals surface area contributed by atoms with Gasteiger partial charge >= 0.3 is 0 Å². The number of aliphatic hydroxyl groups is 2. The summed E-state index contributed by atoms with van der Waals surface area (Å²) in [6, 6.07) is 0.475. The van der Waals surface area contributed by atoms with Crippen LogP contribution in [0.3, 0.4) is 0 Å². The van der Waals surface area contributed by atoms with Crippen LogP contribution in [0.1, 0.15) is 52.4 Å². The van der Waals surface area contributed by atoms with Gasteiger partial charge in [0.15, 0.2) is 0 Å². The number of fused-ring (bicyclic) bond motifs is 1. The van der Waals surface area contributed by atoms with Crippen LogP contribution in [-0.2, 0) is 4.79 Å². The van der Waals surface area contributed by atoms with Gasteiger partial charge in [0, 0.05) is 36.9 Å². The molecule has 4 nitrogen and oxygen atoms in total. The molecule has 0 amide bonds. The third kappa shape index (κ3) is 1.39. The fourth-order valence-electron chi connectivity index (χ4n) is 8.63. The van der Waals surface area contributed by atoms with Gasteiger partial charge in [-0.25, -0.2) is 0 Å². The van der Waals surface area contributed by atoms with Crippen molar-refractivity contribution in [2.75, 3.05) is 13.1 Å². The second-order valence-corrected chi connectivity index (χ2v) is 10.2. The van der Waals surface area contributed by atoms with Crippen LogP contribution in [0.4, 0.5) is 0 Å². The first-order chi connectivity index (χ1) is 11.8. The molecular weight excluding hydrogens is 314 g/mol. The Morgan fingerprint density at radius 2 is 2.04 bits per heavy atom. The zero-order valence-electron chi connectivity index (χ0n) is 15.3. The smallest absolute Gasteiger partial charge is 0.147 e. The van der Waals surface area contributed by atoms with Crippen molar-refractivity contribution in [1.29, 1.82) is 0 Å². The van der Waals surface area contributed by atoms with E-state index in [-0.39, 0.29) is 11.3 Å². The minimum Gasteiger partial charge on any atom is -0.389 e. The van der Waals surface area contributed by atoms with Crippen LogP contribution < -0.4 is 0 Å². The van der Waals surface area contributed by atoms with Gasteiger partial charge in [-0.05, 0) is 55.1 Å². The molecule has 6 aliphatic rings. The largest absolute Gasteiger partial charge is 0.389 e. The second-order valence-electron chi connectivity index (χ2n) is 10.2. The Morgan fingerprint density at radius 3 is 2.84 bits per heavy atom. The molecule has 25 heavy (non-hydrogen) atoms. The Balaban J connectivity index is 1.67. The fourth-order valence-corrected chi connectivity index (χ4v) is 8.63. The van der Waals surface area contributed by atoms with Gasteiger partial charge in [-0.15, -0.1) is 0 Å². The van der Waals surface area contributed by atoms with Crippen molar-refractivity contribution in [2.24, 2.45) is 28.6 Å². The van der Waals surface area contributed by atoms with Crippen LogP contribution in [0.5, 0.6) is 0 Å². The number of hydrogen-bond acceptors (Lipinski definition) is 4. The van der Waals surface area contributed by atoms with Gasteiger partial charge < -0.3 is 10.2 Å². The van der Waals surface area contributed by atoms with Crippen LogP contribution in [0.15, 0.2) is 11.1 Å². The number of piperidine rings is 1. The third-order valence-electron chi connectivity index (χ3n) is 9.62. The van der Waals surface area contributed by atoms with Gasteiger partial charge in [0.25, 0.3) is 0 Å². The number of rotatable bonds is 0. The highest BCUT2D eigenvalue weighted by molar-refractivity contribution is 5.94. The summed E-state index contributed by atoms with van der Waals surface area (Å²) >= 11 is 0. The third-order valence-corrected chi connectivity index (χ3v) is 9.62. The maximum Gasteiger partial charge on any atom is 0.147 e. The maximum atomic E-state index is 14.0. The normalized spacial score (nSPS) is 59.4. The van der Waals surface area contributed by atoms with Gasteiger partial charge in [-0.2, -0.15) is 0 Å². The lowest BCUT2D eigenvalue weighted by atomic mass is 9.45. The van der Waals surface area contributed by atoms with Crippen LogP contribution >= 0.6 is 0 Å². The standard InChI is InChI=1S/C21H29NO3/c1-11-9-22-10-12-3-5-20(25)8-15(23)13-4-6-21(17(13)20)18(24)14(11)7-16(22)19(12,21)2/h11-12,14-16,23,25H,3-10H2,1-2H3/t11-,12-,14+,15+,16-,19-,20+,21+/m1/s1. The highest BCUT2D eigenvalue weighted by Crippen LogP contribution is 2.74. The van der Waals surface area contributed by atoms with E-state index >= 15 is 0 Å². The molecule has 0 aromatic carbocycles. The van der Waals surface area contributed by atoms with Gasteiger partial charge in [-0.3, -0.25) is 9.69 Å². The maximum absolute atomic E-state index is 14.0. The highest BCUT2D eigenvalue weighted by Gasteiger charge is 2.76. The molecule has 4 heteroatoms. The summed E-state index contributed by atoms with van der Waals surface area (Å²) in [5.74, 6) is 1.46. The number of Topliss-reactive ketones (excluding diaryl/α,β-unsaturated/α-hetero) is 1. The number of hydrogen-bond donors (Lipinski definition) is 2. The Hall–Kier alpha value is -0.710. The van der Waals surface area contributed by atoms with Crippen molar-refractivity contribution in [3.8, 4) is 0 Å². The molecule has 6 rings (SSSR count). The minimum atomic E-state index is -0.937. The summed E-state index contributed by atoms with van der Waals surface area (Å²) in [6.45, 7) is 6.77. The molecule has 1 spiro atoms. The molecule has 2 bridgehead atoms. The first-order valence-electron chi connectivity index (χ1n) is 10.3. The van der Waals surface area contributed by atoms with Crippen LogP contribution in [0.2, 0.25) is 0 Å². The Morgan fingerprint density at radius 1 is 1.24 bits per heavy atom. The molecule has 2 saturated heterocycles. The fraction of sp³-hybridized carbons (Fsp3) is 0.857. The second kappa shape index (κ2) is 4.23. The Kier molecular flexibility index (Phi) is 2.60. The van der Waals surface area contributed by atoms with Crippen molar-refractivity contribution in [1.82, 2.24) is 4.90 Å². The zero-order valence-corrected chi connectivity index (χ0v) is 15.3.